The SMILES string of the molecule is CN(C)N1C(=O)CC(c2cccc(Cl)c2)C2=C1CCCC2=O. The number of carbonyl (C=O) groups is 2. The zero-order valence-electron chi connectivity index (χ0n) is 12.8. The maximum atomic E-state index is 12.6. The highest BCUT2D eigenvalue weighted by molar-refractivity contribution is 6.30. The van der Waals surface area contributed by atoms with Crippen LogP contribution in [0.15, 0.2) is 35.5 Å². The largest absolute Gasteiger partial charge is 0.294 e. The number of benzene rings is 1. The molecule has 116 valence electrons. The maximum absolute atomic E-state index is 12.6. The summed E-state index contributed by atoms with van der Waals surface area (Å²) in [6.07, 6.45) is 2.44. The van der Waals surface area contributed by atoms with Crippen molar-refractivity contribution in [1.82, 2.24) is 10.0 Å². The molecule has 5 heteroatoms. The summed E-state index contributed by atoms with van der Waals surface area (Å²) in [4.78, 5) is 25.1. The highest BCUT2D eigenvalue weighted by Crippen LogP contribution is 2.42. The van der Waals surface area contributed by atoms with Crippen LogP contribution < -0.4 is 0 Å². The first-order chi connectivity index (χ1) is 10.5. The number of Topliss-reactive ketones (excluding diaryl/α,β-unsaturated/α-hetero) is 1. The van der Waals surface area contributed by atoms with E-state index < -0.39 is 0 Å². The van der Waals surface area contributed by atoms with Crippen LogP contribution in [0.25, 0.3) is 0 Å². The summed E-state index contributed by atoms with van der Waals surface area (Å²) >= 11 is 6.09. The topological polar surface area (TPSA) is 40.6 Å². The van der Waals surface area contributed by atoms with Crippen LogP contribution in [0.4, 0.5) is 0 Å². The van der Waals surface area contributed by atoms with Crippen molar-refractivity contribution < 1.29 is 9.59 Å². The third-order valence-corrected chi connectivity index (χ3v) is 4.53. The number of ketones is 1. The Morgan fingerprint density at radius 1 is 1.23 bits per heavy atom. The van der Waals surface area contributed by atoms with Gasteiger partial charge in [0.25, 0.3) is 0 Å². The normalized spacial score (nSPS) is 22.4. The molecule has 3 rings (SSSR count). The predicted molar refractivity (Wildman–Crippen MR) is 85.2 cm³/mol. The number of hydrogen-bond acceptors (Lipinski definition) is 3. The second-order valence-electron chi connectivity index (χ2n) is 6.00. The summed E-state index contributed by atoms with van der Waals surface area (Å²) in [6, 6.07) is 7.48. The van der Waals surface area contributed by atoms with Crippen LogP contribution in [-0.2, 0) is 9.59 Å². The zero-order chi connectivity index (χ0) is 15.9. The molecule has 1 heterocycles. The van der Waals surface area contributed by atoms with E-state index in [4.69, 9.17) is 11.6 Å². The second-order valence-corrected chi connectivity index (χ2v) is 6.44. The van der Waals surface area contributed by atoms with Crippen LogP contribution in [0, 0.1) is 0 Å². The van der Waals surface area contributed by atoms with Gasteiger partial charge >= 0.3 is 0 Å². The Balaban J connectivity index is 2.13. The van der Waals surface area contributed by atoms with E-state index >= 15 is 0 Å². The van der Waals surface area contributed by atoms with Crippen LogP contribution in [0.3, 0.4) is 0 Å². The van der Waals surface area contributed by atoms with Crippen molar-refractivity contribution in [3.63, 3.8) is 0 Å². The summed E-state index contributed by atoms with van der Waals surface area (Å²) in [5.41, 5.74) is 2.60. The Labute approximate surface area is 135 Å². The summed E-state index contributed by atoms with van der Waals surface area (Å²) in [5.74, 6) is 0.0131. The van der Waals surface area contributed by atoms with Crippen LogP contribution in [-0.4, -0.2) is 35.8 Å². The Bertz CT molecular complexity index is 666. The van der Waals surface area contributed by atoms with E-state index in [0.29, 0.717) is 17.9 Å². The van der Waals surface area contributed by atoms with E-state index in [1.165, 1.54) is 0 Å². The van der Waals surface area contributed by atoms with Gasteiger partial charge < -0.3 is 0 Å². The predicted octanol–water partition coefficient (Wildman–Crippen LogP) is 3.14. The number of hydrogen-bond donors (Lipinski definition) is 0. The monoisotopic (exact) mass is 318 g/mol. The molecule has 1 aliphatic carbocycles. The van der Waals surface area contributed by atoms with E-state index in [-0.39, 0.29) is 17.6 Å². The fraction of sp³-hybridized carbons (Fsp3) is 0.412. The first kappa shape index (κ1) is 15.3. The molecule has 1 aromatic rings. The van der Waals surface area contributed by atoms with E-state index in [2.05, 4.69) is 0 Å². The number of hydrazine groups is 1. The molecule has 2 aliphatic rings. The Hall–Kier alpha value is -1.65. The lowest BCUT2D eigenvalue weighted by Gasteiger charge is -2.41. The molecule has 0 radical (unpaired) electrons. The highest BCUT2D eigenvalue weighted by atomic mass is 35.5. The van der Waals surface area contributed by atoms with Gasteiger partial charge in [-0.25, -0.2) is 10.0 Å². The van der Waals surface area contributed by atoms with Crippen molar-refractivity contribution in [3.8, 4) is 0 Å². The molecular formula is C17H19ClN2O2. The molecule has 4 nitrogen and oxygen atoms in total. The number of halogens is 1. The van der Waals surface area contributed by atoms with E-state index in [0.717, 1.165) is 29.7 Å². The lowest BCUT2D eigenvalue weighted by molar-refractivity contribution is -0.143. The quantitative estimate of drug-likeness (QED) is 0.841. The molecule has 0 saturated heterocycles. The van der Waals surface area contributed by atoms with Gasteiger partial charge in [0.2, 0.25) is 5.91 Å². The molecular weight excluding hydrogens is 300 g/mol. The molecule has 1 amide bonds. The smallest absolute Gasteiger partial charge is 0.242 e. The van der Waals surface area contributed by atoms with Gasteiger partial charge in [-0.1, -0.05) is 23.7 Å². The van der Waals surface area contributed by atoms with E-state index in [1.807, 2.05) is 32.3 Å². The molecule has 0 saturated carbocycles. The number of nitrogens with zero attached hydrogens (tertiary/aromatic N) is 2. The minimum Gasteiger partial charge on any atom is -0.294 e. The summed E-state index contributed by atoms with van der Waals surface area (Å²) in [7, 11) is 3.67. The van der Waals surface area contributed by atoms with Gasteiger partial charge in [-0.3, -0.25) is 9.59 Å². The molecule has 1 atom stereocenters. The van der Waals surface area contributed by atoms with Crippen LogP contribution in [0.5, 0.6) is 0 Å². The second kappa shape index (κ2) is 5.86. The van der Waals surface area contributed by atoms with Gasteiger partial charge in [-0.15, -0.1) is 0 Å². The van der Waals surface area contributed by atoms with Gasteiger partial charge in [-0.2, -0.15) is 0 Å². The van der Waals surface area contributed by atoms with Gasteiger partial charge in [0.05, 0.1) is 0 Å². The van der Waals surface area contributed by atoms with E-state index in [9.17, 15) is 9.59 Å². The summed E-state index contributed by atoms with van der Waals surface area (Å²) in [5, 5.41) is 4.06. The fourth-order valence-electron chi connectivity index (χ4n) is 3.45. The summed E-state index contributed by atoms with van der Waals surface area (Å²) < 4.78 is 0. The van der Waals surface area contributed by atoms with Crippen molar-refractivity contribution >= 4 is 23.3 Å². The highest BCUT2D eigenvalue weighted by Gasteiger charge is 2.39. The molecule has 0 fully saturated rings. The lowest BCUT2D eigenvalue weighted by Crippen LogP contribution is -2.47. The lowest BCUT2D eigenvalue weighted by atomic mass is 9.77. The molecule has 1 aromatic carbocycles. The molecule has 1 aliphatic heterocycles. The van der Waals surface area contributed by atoms with E-state index in [1.54, 1.807) is 16.1 Å². The fourth-order valence-corrected chi connectivity index (χ4v) is 3.65. The molecule has 0 bridgehead atoms. The minimum absolute atomic E-state index is 0.0309. The first-order valence-electron chi connectivity index (χ1n) is 7.51. The zero-order valence-corrected chi connectivity index (χ0v) is 13.6. The van der Waals surface area contributed by atoms with Crippen LogP contribution in [0.2, 0.25) is 5.02 Å². The maximum Gasteiger partial charge on any atom is 0.242 e. The van der Waals surface area contributed by atoms with Gasteiger partial charge in [0, 0.05) is 49.1 Å². The van der Waals surface area contributed by atoms with Gasteiger partial charge in [0.15, 0.2) is 5.78 Å². The van der Waals surface area contributed by atoms with Crippen molar-refractivity contribution in [2.75, 3.05) is 14.1 Å². The number of rotatable bonds is 2. The molecule has 0 N–H and O–H groups in total. The first-order valence-corrected chi connectivity index (χ1v) is 7.88. The third-order valence-electron chi connectivity index (χ3n) is 4.30. The third kappa shape index (κ3) is 2.57. The summed E-state index contributed by atoms with van der Waals surface area (Å²) in [6.45, 7) is 0. The van der Waals surface area contributed by atoms with Crippen LogP contribution >= 0.6 is 11.6 Å². The Morgan fingerprint density at radius 2 is 2.00 bits per heavy atom. The molecule has 22 heavy (non-hydrogen) atoms. The number of carbonyl (C=O) groups excluding carboxylic acids is 2. The Kier molecular flexibility index (Phi) is 4.06. The van der Waals surface area contributed by atoms with Crippen molar-refractivity contribution in [1.29, 1.82) is 0 Å². The molecule has 0 spiro atoms. The minimum atomic E-state index is -0.176. The number of amides is 1. The van der Waals surface area contributed by atoms with Crippen molar-refractivity contribution in [2.45, 2.75) is 31.6 Å². The van der Waals surface area contributed by atoms with Crippen molar-refractivity contribution in [3.05, 3.63) is 46.1 Å². The number of allylic oxidation sites excluding steroid dienone is 2. The average Bonchev–Trinajstić information content (AvgIpc) is 2.46. The van der Waals surface area contributed by atoms with Gasteiger partial charge in [-0.05, 0) is 30.5 Å². The van der Waals surface area contributed by atoms with Crippen molar-refractivity contribution in [2.24, 2.45) is 0 Å². The molecule has 0 aromatic heterocycles. The van der Waals surface area contributed by atoms with Gasteiger partial charge in [0.1, 0.15) is 0 Å². The average molecular weight is 319 g/mol. The molecule has 1 unspecified atom stereocenters. The van der Waals surface area contributed by atoms with Crippen LogP contribution in [0.1, 0.15) is 37.2 Å². The Morgan fingerprint density at radius 3 is 2.68 bits per heavy atom. The standard InChI is InChI=1S/C17H19ClN2O2/c1-19(2)20-14-7-4-8-15(21)17(14)13(10-16(20)22)11-5-3-6-12(18)9-11/h3,5-6,9,13H,4,7-8,10H2,1-2H3.